The van der Waals surface area contributed by atoms with E-state index in [1.165, 1.54) is 6.08 Å². The summed E-state index contributed by atoms with van der Waals surface area (Å²) in [6.07, 6.45) is 1.47. The molecule has 21 heavy (non-hydrogen) atoms. The van der Waals surface area contributed by atoms with Gasteiger partial charge in [0.1, 0.15) is 17.9 Å². The van der Waals surface area contributed by atoms with Crippen molar-refractivity contribution in [2.75, 3.05) is 0 Å². The van der Waals surface area contributed by atoms with E-state index in [1.54, 1.807) is 6.92 Å². The molecule has 2 heterocycles. The lowest BCUT2D eigenvalue weighted by Crippen LogP contribution is -2.16. The first-order valence-electron chi connectivity index (χ1n) is 5.99. The number of carboxylic acid groups (broad SMARTS) is 1. The minimum absolute atomic E-state index is 0.0000168. The van der Waals surface area contributed by atoms with Crippen LogP contribution in [-0.4, -0.2) is 21.3 Å². The summed E-state index contributed by atoms with van der Waals surface area (Å²) in [6, 6.07) is 0.981. The number of carboxylic acids is 1. The summed E-state index contributed by atoms with van der Waals surface area (Å²) in [5.74, 6) is -2.35. The lowest BCUT2D eigenvalue weighted by Gasteiger charge is -2.15. The second-order valence-corrected chi connectivity index (χ2v) is 4.62. The number of phenolic OH excluding ortho intramolecular Hbond substituents is 1. The molecule has 0 unspecified atom stereocenters. The van der Waals surface area contributed by atoms with Gasteiger partial charge in [0.2, 0.25) is 0 Å². The predicted molar refractivity (Wildman–Crippen MR) is 71.2 cm³/mol. The summed E-state index contributed by atoms with van der Waals surface area (Å²) in [6.45, 7) is 1.67. The molecule has 0 atom stereocenters. The molecular weight excluding hydrogens is 280 g/mol. The monoisotopic (exact) mass is 290 g/mol. The molecule has 3 N–H and O–H groups in total. The molecule has 3 rings (SSSR count). The van der Waals surface area contributed by atoms with Crippen LogP contribution in [0, 0.1) is 0 Å². The first-order valence-corrected chi connectivity index (χ1v) is 5.99. The van der Waals surface area contributed by atoms with E-state index in [4.69, 9.17) is 14.3 Å². The second kappa shape index (κ2) is 4.27. The minimum Gasteiger partial charge on any atom is -0.504 e. The van der Waals surface area contributed by atoms with E-state index in [0.717, 1.165) is 6.07 Å². The number of hydrogen-bond donors (Lipinski definition) is 3. The Morgan fingerprint density at radius 1 is 1.33 bits per heavy atom. The summed E-state index contributed by atoms with van der Waals surface area (Å²) < 4.78 is 10.7. The molecule has 0 saturated carbocycles. The van der Waals surface area contributed by atoms with Crippen molar-refractivity contribution < 1.29 is 29.3 Å². The minimum atomic E-state index is -1.51. The zero-order valence-corrected chi connectivity index (χ0v) is 10.8. The fraction of sp³-hybridized carbons (Fsp3) is 0.143. The van der Waals surface area contributed by atoms with Crippen LogP contribution in [-0.2, 0) is 11.3 Å². The molecule has 1 aromatic heterocycles. The molecule has 0 spiro atoms. The molecule has 0 bridgehead atoms. The number of fused-ring (bicyclic) bond motifs is 2. The van der Waals surface area contributed by atoms with Crippen molar-refractivity contribution in [2.24, 2.45) is 0 Å². The fourth-order valence-corrected chi connectivity index (χ4v) is 2.23. The smallest absolute Gasteiger partial charge is 0.343 e. The molecule has 0 fully saturated rings. The first-order chi connectivity index (χ1) is 9.90. The van der Waals surface area contributed by atoms with E-state index in [2.05, 4.69) is 0 Å². The lowest BCUT2D eigenvalue weighted by atomic mass is 10.0. The Kier molecular flexibility index (Phi) is 2.65. The summed E-state index contributed by atoms with van der Waals surface area (Å²) in [7, 11) is 0. The Bertz CT molecular complexity index is 873. The average Bonchev–Trinajstić information content (AvgIpc) is 2.41. The zero-order valence-electron chi connectivity index (χ0n) is 10.8. The topological polar surface area (TPSA) is 117 Å². The summed E-state index contributed by atoms with van der Waals surface area (Å²) in [5.41, 5.74) is -1.21. The van der Waals surface area contributed by atoms with E-state index in [1.807, 2.05) is 0 Å². The van der Waals surface area contributed by atoms with E-state index < -0.39 is 28.5 Å². The molecule has 1 aliphatic rings. The van der Waals surface area contributed by atoms with Crippen molar-refractivity contribution in [3.8, 4) is 11.5 Å². The van der Waals surface area contributed by atoms with Crippen LogP contribution in [0.1, 0.15) is 28.6 Å². The van der Waals surface area contributed by atoms with Gasteiger partial charge in [0.15, 0.2) is 22.5 Å². The van der Waals surface area contributed by atoms with Gasteiger partial charge in [-0.05, 0) is 13.0 Å². The van der Waals surface area contributed by atoms with Crippen molar-refractivity contribution in [3.05, 3.63) is 38.9 Å². The number of aromatic hydroxyl groups is 2. The van der Waals surface area contributed by atoms with E-state index in [0.29, 0.717) is 5.76 Å². The lowest BCUT2D eigenvalue weighted by molar-refractivity contribution is 0.0694. The first kappa shape index (κ1) is 13.0. The van der Waals surface area contributed by atoms with Gasteiger partial charge < -0.3 is 24.5 Å². The third kappa shape index (κ3) is 1.82. The van der Waals surface area contributed by atoms with Gasteiger partial charge in [0, 0.05) is 6.08 Å². The standard InChI is InChI=1S/C14H10O7/c1-5-2-9-7(4-20-5)11(16)6-3-8(15)12(17)10(14(18)19)13(6)21-9/h2-3,15,17H,4H2,1H3,(H,18,19). The van der Waals surface area contributed by atoms with Crippen LogP contribution in [0.2, 0.25) is 0 Å². The van der Waals surface area contributed by atoms with Crippen molar-refractivity contribution in [2.45, 2.75) is 13.5 Å². The summed E-state index contributed by atoms with van der Waals surface area (Å²) in [4.78, 5) is 23.6. The molecule has 0 amide bonds. The predicted octanol–water partition coefficient (Wildman–Crippen LogP) is 1.79. The SMILES string of the molecule is CC1=Cc2oc3c(C(=O)O)c(O)c(O)cc3c(=O)c2CO1. The van der Waals surface area contributed by atoms with Gasteiger partial charge in [0.05, 0.1) is 16.7 Å². The van der Waals surface area contributed by atoms with Crippen molar-refractivity contribution in [1.82, 2.24) is 0 Å². The number of rotatable bonds is 1. The quantitative estimate of drug-likeness (QED) is 0.685. The Morgan fingerprint density at radius 2 is 2.05 bits per heavy atom. The van der Waals surface area contributed by atoms with E-state index >= 15 is 0 Å². The van der Waals surface area contributed by atoms with Crippen molar-refractivity contribution in [1.29, 1.82) is 0 Å². The van der Waals surface area contributed by atoms with Crippen LogP contribution >= 0.6 is 0 Å². The van der Waals surface area contributed by atoms with Crippen molar-refractivity contribution in [3.63, 3.8) is 0 Å². The number of hydrogen-bond acceptors (Lipinski definition) is 6. The van der Waals surface area contributed by atoms with Gasteiger partial charge in [0.25, 0.3) is 0 Å². The third-order valence-electron chi connectivity index (χ3n) is 3.25. The average molecular weight is 290 g/mol. The Balaban J connectivity index is 2.52. The van der Waals surface area contributed by atoms with Gasteiger partial charge in [-0.3, -0.25) is 4.79 Å². The largest absolute Gasteiger partial charge is 0.504 e. The van der Waals surface area contributed by atoms with Gasteiger partial charge >= 0.3 is 5.97 Å². The van der Waals surface area contributed by atoms with Crippen LogP contribution in [0.5, 0.6) is 11.5 Å². The number of allylic oxidation sites excluding steroid dienone is 1. The normalized spacial score (nSPS) is 13.5. The Labute approximate surface area is 117 Å². The molecule has 0 saturated heterocycles. The van der Waals surface area contributed by atoms with E-state index in [9.17, 15) is 19.8 Å². The zero-order chi connectivity index (χ0) is 15.3. The third-order valence-corrected chi connectivity index (χ3v) is 3.25. The highest BCUT2D eigenvalue weighted by Gasteiger charge is 2.25. The molecule has 1 aliphatic heterocycles. The molecule has 0 aliphatic carbocycles. The molecule has 2 aromatic rings. The fourth-order valence-electron chi connectivity index (χ4n) is 2.23. The highest BCUT2D eigenvalue weighted by molar-refractivity contribution is 6.05. The maximum atomic E-state index is 12.4. The van der Waals surface area contributed by atoms with Crippen LogP contribution in [0.4, 0.5) is 0 Å². The Hall–Kier alpha value is -2.96. The van der Waals surface area contributed by atoms with Gasteiger partial charge in [-0.15, -0.1) is 0 Å². The van der Waals surface area contributed by atoms with E-state index in [-0.39, 0.29) is 28.9 Å². The molecular formula is C14H10O7. The molecule has 108 valence electrons. The number of benzene rings is 1. The second-order valence-electron chi connectivity index (χ2n) is 4.62. The van der Waals surface area contributed by atoms with Gasteiger partial charge in [-0.1, -0.05) is 0 Å². The molecule has 1 aromatic carbocycles. The number of aromatic carboxylic acids is 1. The summed E-state index contributed by atoms with van der Waals surface area (Å²) in [5, 5.41) is 28.3. The van der Waals surface area contributed by atoms with Gasteiger partial charge in [-0.2, -0.15) is 0 Å². The van der Waals surface area contributed by atoms with Crippen LogP contribution in [0.25, 0.3) is 17.0 Å². The molecule has 0 radical (unpaired) electrons. The van der Waals surface area contributed by atoms with Crippen molar-refractivity contribution >= 4 is 23.0 Å². The molecule has 7 heteroatoms. The maximum absolute atomic E-state index is 12.4. The van der Waals surface area contributed by atoms with Crippen LogP contribution in [0.3, 0.4) is 0 Å². The number of carbonyl (C=O) groups is 1. The number of phenols is 2. The number of ether oxygens (including phenoxy) is 1. The summed E-state index contributed by atoms with van der Waals surface area (Å²) >= 11 is 0. The van der Waals surface area contributed by atoms with Gasteiger partial charge in [-0.25, -0.2) is 4.79 Å². The maximum Gasteiger partial charge on any atom is 0.343 e. The highest BCUT2D eigenvalue weighted by Crippen LogP contribution is 2.36. The molecule has 7 nitrogen and oxygen atoms in total. The highest BCUT2D eigenvalue weighted by atomic mass is 16.5. The van der Waals surface area contributed by atoms with Crippen LogP contribution in [0.15, 0.2) is 21.0 Å². The van der Waals surface area contributed by atoms with Crippen LogP contribution < -0.4 is 5.43 Å². The Morgan fingerprint density at radius 3 is 2.71 bits per heavy atom.